The van der Waals surface area contributed by atoms with E-state index < -0.39 is 59.3 Å². The molecule has 300 valence electrons. The van der Waals surface area contributed by atoms with Crippen LogP contribution in [0.4, 0.5) is 0 Å². The Kier molecular flexibility index (Phi) is 10.3. The highest BCUT2D eigenvalue weighted by molar-refractivity contribution is 5.76. The highest BCUT2D eigenvalue weighted by atomic mass is 16.7. The molecule has 0 bridgehead atoms. The lowest BCUT2D eigenvalue weighted by molar-refractivity contribution is -0.316. The Hall–Kier alpha value is -1.56. The zero-order valence-electron chi connectivity index (χ0n) is 34.0. The molecule has 2 N–H and O–H groups in total. The second-order valence-electron chi connectivity index (χ2n) is 20.8. The lowest BCUT2D eigenvalue weighted by Crippen LogP contribution is -2.62. The minimum absolute atomic E-state index is 0.0782. The predicted molar refractivity (Wildman–Crippen MR) is 197 cm³/mol. The van der Waals surface area contributed by atoms with Gasteiger partial charge in [0.2, 0.25) is 0 Å². The van der Waals surface area contributed by atoms with Crippen LogP contribution < -0.4 is 0 Å². The van der Waals surface area contributed by atoms with Gasteiger partial charge in [-0.15, -0.1) is 0 Å². The molecule has 16 atom stereocenters. The van der Waals surface area contributed by atoms with Gasteiger partial charge in [-0.2, -0.15) is 0 Å². The van der Waals surface area contributed by atoms with Crippen molar-refractivity contribution in [2.45, 2.75) is 176 Å². The van der Waals surface area contributed by atoms with Crippen LogP contribution >= 0.6 is 0 Å². The van der Waals surface area contributed by atoms with Crippen molar-refractivity contribution in [1.82, 2.24) is 0 Å². The third kappa shape index (κ3) is 6.85. The minimum Gasteiger partial charge on any atom is -0.462 e. The fourth-order valence-electron chi connectivity index (χ4n) is 11.9. The summed E-state index contributed by atoms with van der Waals surface area (Å²) >= 11 is 0. The Morgan fingerprint density at radius 3 is 2.30 bits per heavy atom. The van der Waals surface area contributed by atoms with Gasteiger partial charge >= 0.3 is 11.9 Å². The molecule has 1 spiro atoms. The van der Waals surface area contributed by atoms with E-state index >= 15 is 0 Å². The summed E-state index contributed by atoms with van der Waals surface area (Å²) in [5.74, 6) is 2.01. The summed E-state index contributed by atoms with van der Waals surface area (Å²) in [6.07, 6.45) is 5.54. The van der Waals surface area contributed by atoms with E-state index in [0.717, 1.165) is 45.1 Å². The Morgan fingerprint density at radius 2 is 1.64 bits per heavy atom. The topological polar surface area (TPSA) is 130 Å². The van der Waals surface area contributed by atoms with Crippen LogP contribution in [0.3, 0.4) is 0 Å². The van der Waals surface area contributed by atoms with E-state index in [1.54, 1.807) is 41.5 Å². The van der Waals surface area contributed by atoms with Crippen LogP contribution in [0.5, 0.6) is 0 Å². The number of aliphatic hydroxyl groups excluding tert-OH is 2. The average molecular weight is 745 g/mol. The zero-order valence-corrected chi connectivity index (χ0v) is 34.0. The fourth-order valence-corrected chi connectivity index (χ4v) is 11.9. The molecule has 3 aliphatic heterocycles. The van der Waals surface area contributed by atoms with E-state index in [-0.39, 0.29) is 29.6 Å². The number of allylic oxidation sites excluding steroid dienone is 1. The Bertz CT molecular complexity index is 1420. The monoisotopic (exact) mass is 744 g/mol. The van der Waals surface area contributed by atoms with Crippen LogP contribution in [0.25, 0.3) is 0 Å². The first kappa shape index (κ1) is 39.7. The zero-order chi connectivity index (χ0) is 38.5. The molecule has 10 nitrogen and oxygen atoms in total. The number of carbonyl (C=O) groups is 2. The smallest absolute Gasteiger partial charge is 0.311 e. The van der Waals surface area contributed by atoms with Gasteiger partial charge in [0.15, 0.2) is 18.2 Å². The van der Waals surface area contributed by atoms with Crippen molar-refractivity contribution in [3.05, 3.63) is 11.6 Å². The molecule has 4 aliphatic carbocycles. The van der Waals surface area contributed by atoms with Gasteiger partial charge in [-0.25, -0.2) is 0 Å². The maximum atomic E-state index is 12.9. The van der Waals surface area contributed by atoms with Crippen LogP contribution in [-0.2, 0) is 38.0 Å². The van der Waals surface area contributed by atoms with Gasteiger partial charge in [-0.1, -0.05) is 39.3 Å². The van der Waals surface area contributed by atoms with Crippen molar-refractivity contribution < 1.29 is 48.2 Å². The standard InChI is InChI=1S/C43H68O10/c1-23-13-18-43(49-21-23)24(2)32-30(53-43)20-29-27-12-11-25-19-26(14-16-41(25,9)28(27)15-17-42(29,32)10)50-36-34(45)35(52-38(47)40(6,7)8)33(44)31(51-36)22-48-37(46)39(3,4)5/h11,23-24,26-36,44-45H,12-22H2,1-10H3/t23-,24?,26+,27-,28+,29+,30?,31-,32?,33-,34-,35+,36-,41+,42+,43-/m1/s1. The van der Waals surface area contributed by atoms with Gasteiger partial charge in [0, 0.05) is 12.3 Å². The van der Waals surface area contributed by atoms with Gasteiger partial charge in [-0.05, 0) is 133 Å². The largest absolute Gasteiger partial charge is 0.462 e. The summed E-state index contributed by atoms with van der Waals surface area (Å²) in [7, 11) is 0. The second kappa shape index (κ2) is 13.8. The highest BCUT2D eigenvalue weighted by Gasteiger charge is 2.68. The van der Waals surface area contributed by atoms with E-state index in [4.69, 9.17) is 28.4 Å². The molecule has 7 rings (SSSR count). The lowest BCUT2D eigenvalue weighted by atomic mass is 9.47. The maximum Gasteiger partial charge on any atom is 0.311 e. The molecule has 10 heteroatoms. The number of carbonyl (C=O) groups excluding carboxylic acids is 2. The quantitative estimate of drug-likeness (QED) is 0.231. The number of rotatable bonds is 5. The van der Waals surface area contributed by atoms with E-state index in [1.165, 1.54) is 24.8 Å². The van der Waals surface area contributed by atoms with Crippen LogP contribution in [0.2, 0.25) is 0 Å². The van der Waals surface area contributed by atoms with Crippen LogP contribution in [0.1, 0.15) is 127 Å². The SMILES string of the molecule is CC1C2C(C[C@H]3[C@@H]4CC=C5C[C@@H](O[C@@H]6O[C@H](COC(=O)C(C)(C)C)[C@@H](O)[C@H](OC(=O)C(C)(C)C)[C@H]6O)CC[C@]5(C)[C@H]4CC[C@]23C)O[C@]12CC[C@@H](C)CO2. The molecule has 6 fully saturated rings. The summed E-state index contributed by atoms with van der Waals surface area (Å²) in [6, 6.07) is 0. The molecule has 3 saturated carbocycles. The number of fused-ring (bicyclic) bond motifs is 7. The number of ether oxygens (including phenoxy) is 6. The Balaban J connectivity index is 1.04. The predicted octanol–water partition coefficient (Wildman–Crippen LogP) is 6.73. The first-order valence-corrected chi connectivity index (χ1v) is 20.7. The molecule has 3 heterocycles. The first-order valence-electron chi connectivity index (χ1n) is 20.7. The van der Waals surface area contributed by atoms with Crippen molar-refractivity contribution in [1.29, 1.82) is 0 Å². The molecule has 0 amide bonds. The summed E-state index contributed by atoms with van der Waals surface area (Å²) in [6.45, 7) is 20.7. The molecule has 53 heavy (non-hydrogen) atoms. The summed E-state index contributed by atoms with van der Waals surface area (Å²) < 4.78 is 37.4. The Labute approximate surface area is 317 Å². The van der Waals surface area contributed by atoms with Crippen LogP contribution in [-0.4, -0.2) is 84.1 Å². The lowest BCUT2D eigenvalue weighted by Gasteiger charge is -2.58. The van der Waals surface area contributed by atoms with E-state index in [0.29, 0.717) is 35.5 Å². The van der Waals surface area contributed by atoms with Crippen molar-refractivity contribution >= 4 is 11.9 Å². The van der Waals surface area contributed by atoms with Gasteiger partial charge in [0.05, 0.1) is 29.6 Å². The fraction of sp³-hybridized carbons (Fsp3) is 0.907. The molecule has 7 aliphatic rings. The second-order valence-corrected chi connectivity index (χ2v) is 20.8. The molecule has 0 aromatic heterocycles. The number of aliphatic hydroxyl groups is 2. The van der Waals surface area contributed by atoms with Gasteiger partial charge in [0.1, 0.15) is 24.9 Å². The third-order valence-corrected chi connectivity index (χ3v) is 15.1. The van der Waals surface area contributed by atoms with E-state index in [1.807, 2.05) is 0 Å². The van der Waals surface area contributed by atoms with Crippen LogP contribution in [0, 0.1) is 57.2 Å². The third-order valence-electron chi connectivity index (χ3n) is 15.1. The summed E-state index contributed by atoms with van der Waals surface area (Å²) in [5, 5.41) is 22.7. The van der Waals surface area contributed by atoms with Gasteiger partial charge in [-0.3, -0.25) is 9.59 Å². The van der Waals surface area contributed by atoms with Crippen molar-refractivity contribution in [3.63, 3.8) is 0 Å². The molecule has 0 aromatic carbocycles. The van der Waals surface area contributed by atoms with Crippen molar-refractivity contribution in [2.24, 2.45) is 57.2 Å². The maximum absolute atomic E-state index is 12.9. The normalized spacial score (nSPS) is 48.2. The average Bonchev–Trinajstić information content (AvgIpc) is 3.53. The Morgan fingerprint density at radius 1 is 0.925 bits per heavy atom. The number of hydrogen-bond acceptors (Lipinski definition) is 10. The van der Waals surface area contributed by atoms with Crippen molar-refractivity contribution in [3.8, 4) is 0 Å². The minimum atomic E-state index is -1.42. The molecular formula is C43H68O10. The summed E-state index contributed by atoms with van der Waals surface area (Å²) in [5.41, 5.74) is 0.162. The summed E-state index contributed by atoms with van der Waals surface area (Å²) in [4.78, 5) is 25.6. The molecule has 0 radical (unpaired) electrons. The van der Waals surface area contributed by atoms with Crippen LogP contribution in [0.15, 0.2) is 11.6 Å². The van der Waals surface area contributed by atoms with Crippen molar-refractivity contribution in [2.75, 3.05) is 13.2 Å². The molecule has 3 saturated heterocycles. The van der Waals surface area contributed by atoms with E-state index in [9.17, 15) is 19.8 Å². The highest BCUT2D eigenvalue weighted by Crippen LogP contribution is 2.70. The molecule has 3 unspecified atom stereocenters. The number of hydrogen-bond donors (Lipinski definition) is 2. The van der Waals surface area contributed by atoms with Gasteiger partial charge < -0.3 is 38.6 Å². The van der Waals surface area contributed by atoms with Gasteiger partial charge in [0.25, 0.3) is 0 Å². The molecule has 0 aromatic rings. The first-order chi connectivity index (χ1) is 24.7. The number of esters is 2. The van der Waals surface area contributed by atoms with E-state index in [2.05, 4.69) is 33.8 Å². The molecular weight excluding hydrogens is 676 g/mol.